The van der Waals surface area contributed by atoms with E-state index < -0.39 is 24.2 Å². The average molecular weight is 946 g/mol. The minimum absolute atomic E-state index is 0. The third-order valence-corrected chi connectivity index (χ3v) is 13.3. The molecule has 2 heterocycles. The van der Waals surface area contributed by atoms with E-state index in [4.69, 9.17) is 0 Å². The highest BCUT2D eigenvalue weighted by Gasteiger charge is 2.40. The molecule has 4 N–H and O–H groups in total. The van der Waals surface area contributed by atoms with Crippen molar-refractivity contribution in [1.29, 1.82) is 0 Å². The lowest BCUT2D eigenvalue weighted by Crippen LogP contribution is -2.57. The molecule has 0 aliphatic carbocycles. The third-order valence-electron chi connectivity index (χ3n) is 13.3. The number of nitrogens with one attached hydrogen (secondary N) is 2. The topological polar surface area (TPSA) is 146 Å². The predicted molar refractivity (Wildman–Crippen MR) is 265 cm³/mol. The highest BCUT2D eigenvalue weighted by molar-refractivity contribution is 5.92. The Morgan fingerprint density at radius 3 is 1.20 bits per heavy atom. The molecule has 0 aromatic heterocycles. The lowest BCUT2D eigenvalue weighted by molar-refractivity contribution is -0.145. The van der Waals surface area contributed by atoms with E-state index >= 15 is 0 Å². The number of benzene rings is 4. The Morgan fingerprint density at radius 2 is 0.879 bits per heavy atom. The number of likely N-dealkylation sites (N-methyl/N-ethyl adjacent to an activating group) is 2. The molecule has 0 radical (unpaired) electrons. The lowest BCUT2D eigenvalue weighted by atomic mass is 9.91. The second-order valence-electron chi connectivity index (χ2n) is 18.4. The van der Waals surface area contributed by atoms with Crippen LogP contribution in [-0.4, -0.2) is 119 Å². The van der Waals surface area contributed by atoms with Gasteiger partial charge < -0.3 is 30.6 Å². The summed E-state index contributed by atoms with van der Waals surface area (Å²) >= 11 is 0. The first-order chi connectivity index (χ1) is 30.5. The van der Waals surface area contributed by atoms with E-state index in [9.17, 15) is 29.4 Å². The van der Waals surface area contributed by atoms with Crippen molar-refractivity contribution in [2.45, 2.75) is 116 Å². The summed E-state index contributed by atoms with van der Waals surface area (Å²) in [6, 6.07) is 20.6. The summed E-state index contributed by atoms with van der Waals surface area (Å²) in [7, 11) is 7.56. The van der Waals surface area contributed by atoms with Crippen molar-refractivity contribution in [3.05, 3.63) is 128 Å². The van der Waals surface area contributed by atoms with Gasteiger partial charge in [-0.05, 0) is 161 Å². The molecule has 0 unspecified atom stereocenters. The zero-order valence-electron chi connectivity index (χ0n) is 39.9. The van der Waals surface area contributed by atoms with Gasteiger partial charge in [-0.25, -0.2) is 0 Å². The van der Waals surface area contributed by atoms with Gasteiger partial charge in [0, 0.05) is 39.0 Å². The normalized spacial score (nSPS) is 16.3. The van der Waals surface area contributed by atoms with Gasteiger partial charge in [0.25, 0.3) is 0 Å². The van der Waals surface area contributed by atoms with Gasteiger partial charge in [-0.2, -0.15) is 0 Å². The first-order valence-corrected chi connectivity index (χ1v) is 22.7. The molecule has 4 aromatic rings. The molecule has 4 amide bonds. The maximum atomic E-state index is 14.4. The molecule has 358 valence electrons. The van der Waals surface area contributed by atoms with Crippen LogP contribution in [0.4, 0.5) is 0 Å². The lowest BCUT2D eigenvalue weighted by Gasteiger charge is -2.39. The second kappa shape index (κ2) is 24.1. The van der Waals surface area contributed by atoms with E-state index in [1.165, 1.54) is 0 Å². The van der Waals surface area contributed by atoms with Gasteiger partial charge in [-0.1, -0.05) is 61.4 Å². The summed E-state index contributed by atoms with van der Waals surface area (Å²) in [6.07, 6.45) is 5.00. The molecule has 14 heteroatoms. The van der Waals surface area contributed by atoms with Crippen molar-refractivity contribution in [1.82, 2.24) is 30.2 Å². The first kappa shape index (κ1) is 53.5. The van der Waals surface area contributed by atoms with E-state index in [0.29, 0.717) is 51.9 Å². The molecule has 6 rings (SSSR count). The molecule has 4 aromatic carbocycles. The Kier molecular flexibility index (Phi) is 19.5. The van der Waals surface area contributed by atoms with E-state index in [1.54, 1.807) is 34.1 Å². The molecule has 4 atom stereocenters. The third kappa shape index (κ3) is 12.8. The van der Waals surface area contributed by atoms with Crippen molar-refractivity contribution in [3.63, 3.8) is 0 Å². The van der Waals surface area contributed by atoms with Crippen LogP contribution < -0.4 is 10.6 Å². The fourth-order valence-electron chi connectivity index (χ4n) is 9.58. The standard InChI is InChI=1S/C52H68N6O6.2ClH/c1-33-23-41(59)24-34(2)43(33)29-47(55(5)6)51(63)57-31-39-19-13-11-17-37(39)27-45(57)49(61)53-21-15-9-10-16-22-54-50(62)46-28-38-18-12-14-20-40(38)32-58(46)52(64)48(56(7)8)30-44-35(3)25-42(60)26-36(44)4;;/h11-14,17-20,23-26,45-48,59-60H,9-10,15-16,21-22,27-32H2,1-8H3,(H,53,61)(H,54,62);2*1H/t45-,46-,47-,48-;;/m0../s1. The van der Waals surface area contributed by atoms with E-state index in [0.717, 1.165) is 81.3 Å². The molecule has 0 bridgehead atoms. The molecule has 2 aliphatic heterocycles. The van der Waals surface area contributed by atoms with Gasteiger partial charge in [0.05, 0.1) is 12.1 Å². The number of hydrogen-bond donors (Lipinski definition) is 4. The van der Waals surface area contributed by atoms with Crippen molar-refractivity contribution in [2.75, 3.05) is 41.3 Å². The first-order valence-electron chi connectivity index (χ1n) is 22.7. The number of nitrogens with zero attached hydrogens (tertiary/aromatic N) is 4. The number of unbranched alkanes of at least 4 members (excludes halogenated alkanes) is 3. The number of hydrogen-bond acceptors (Lipinski definition) is 8. The van der Waals surface area contributed by atoms with Crippen LogP contribution in [0.2, 0.25) is 0 Å². The van der Waals surface area contributed by atoms with Crippen LogP contribution in [0.1, 0.15) is 81.3 Å². The maximum Gasteiger partial charge on any atom is 0.243 e. The molecule has 66 heavy (non-hydrogen) atoms. The van der Waals surface area contributed by atoms with Crippen LogP contribution in [0.15, 0.2) is 72.8 Å². The molecule has 2 aliphatic rings. The van der Waals surface area contributed by atoms with Crippen LogP contribution >= 0.6 is 24.8 Å². The number of phenols is 2. The number of phenolic OH excluding ortho intramolecular Hbond substituents is 2. The minimum atomic E-state index is -0.644. The van der Waals surface area contributed by atoms with Gasteiger partial charge in [-0.15, -0.1) is 24.8 Å². The fourth-order valence-corrected chi connectivity index (χ4v) is 9.58. The van der Waals surface area contributed by atoms with Gasteiger partial charge in [0.15, 0.2) is 0 Å². The SMILES string of the molecule is Cc1cc(O)cc(C)c1C[C@@H](C(=O)N1Cc2ccccc2C[C@H]1C(=O)NCCCCCCNC(=O)[C@@H]1Cc2ccccc2CN1C(=O)[C@H](Cc1c(C)cc(O)cc1C)N(C)C)N(C)C.Cl.Cl. The number of aryl methyl sites for hydroxylation is 4. The van der Waals surface area contributed by atoms with Crippen LogP contribution in [0.3, 0.4) is 0 Å². The second-order valence-corrected chi connectivity index (χ2v) is 18.4. The van der Waals surface area contributed by atoms with Gasteiger partial charge in [-0.3, -0.25) is 29.0 Å². The quantitative estimate of drug-likeness (QED) is 0.0877. The number of amides is 4. The van der Waals surface area contributed by atoms with Crippen molar-refractivity contribution < 1.29 is 29.4 Å². The fraction of sp³-hybridized carbons (Fsp3) is 0.462. The zero-order chi connectivity index (χ0) is 46.2. The number of carbonyl (C=O) groups excluding carboxylic acids is 4. The number of fused-ring (bicyclic) bond motifs is 2. The zero-order valence-corrected chi connectivity index (χ0v) is 41.5. The van der Waals surface area contributed by atoms with Crippen LogP contribution in [-0.2, 0) is 58.0 Å². The number of carbonyl (C=O) groups is 4. The molecule has 12 nitrogen and oxygen atoms in total. The summed E-state index contributed by atoms with van der Waals surface area (Å²) in [5, 5.41) is 26.5. The van der Waals surface area contributed by atoms with Gasteiger partial charge in [0.2, 0.25) is 23.6 Å². The Hall–Kier alpha value is -5.14. The average Bonchev–Trinajstić information content (AvgIpc) is 3.25. The minimum Gasteiger partial charge on any atom is -0.508 e. The van der Waals surface area contributed by atoms with E-state index in [2.05, 4.69) is 10.6 Å². The number of halogens is 2. The smallest absolute Gasteiger partial charge is 0.243 e. The van der Waals surface area contributed by atoms with Crippen LogP contribution in [0.25, 0.3) is 0 Å². The van der Waals surface area contributed by atoms with E-state index in [1.807, 2.05) is 114 Å². The van der Waals surface area contributed by atoms with Crippen molar-refractivity contribution in [3.8, 4) is 11.5 Å². The van der Waals surface area contributed by atoms with Gasteiger partial charge >= 0.3 is 0 Å². The predicted octanol–water partition coefficient (Wildman–Crippen LogP) is 6.52. The van der Waals surface area contributed by atoms with Crippen LogP contribution in [0, 0.1) is 27.7 Å². The maximum absolute atomic E-state index is 14.4. The highest BCUT2D eigenvalue weighted by Crippen LogP contribution is 2.30. The molecular weight excluding hydrogens is 876 g/mol. The number of aromatic hydroxyl groups is 2. The Labute approximate surface area is 403 Å². The summed E-state index contributed by atoms with van der Waals surface area (Å²) in [5.74, 6) is -0.127. The van der Waals surface area contributed by atoms with Gasteiger partial charge in [0.1, 0.15) is 23.6 Å². The largest absolute Gasteiger partial charge is 0.508 e. The molecule has 0 spiro atoms. The Balaban J connectivity index is 0.00000476. The van der Waals surface area contributed by atoms with Crippen molar-refractivity contribution >= 4 is 48.4 Å². The van der Waals surface area contributed by atoms with E-state index in [-0.39, 0.29) is 59.9 Å². The Bertz CT molecular complexity index is 2130. The summed E-state index contributed by atoms with van der Waals surface area (Å²) in [5.41, 5.74) is 9.96. The molecule has 0 saturated heterocycles. The highest BCUT2D eigenvalue weighted by atomic mass is 35.5. The molecule has 0 fully saturated rings. The summed E-state index contributed by atoms with van der Waals surface area (Å²) in [4.78, 5) is 64.0. The number of rotatable bonds is 17. The summed E-state index contributed by atoms with van der Waals surface area (Å²) < 4.78 is 0. The Morgan fingerprint density at radius 1 is 0.561 bits per heavy atom. The molecule has 0 saturated carbocycles. The monoisotopic (exact) mass is 944 g/mol. The van der Waals surface area contributed by atoms with Crippen LogP contribution in [0.5, 0.6) is 11.5 Å². The summed E-state index contributed by atoms with van der Waals surface area (Å²) in [6.45, 7) is 9.44. The van der Waals surface area contributed by atoms with Crippen molar-refractivity contribution in [2.24, 2.45) is 0 Å². The molecular formula is C52H70Cl2N6O6.